The van der Waals surface area contributed by atoms with Gasteiger partial charge >= 0.3 is 0 Å². The van der Waals surface area contributed by atoms with Gasteiger partial charge in [0.1, 0.15) is 5.82 Å². The van der Waals surface area contributed by atoms with E-state index in [0.29, 0.717) is 11.9 Å². The maximum absolute atomic E-state index is 11.9. The first-order valence-corrected chi connectivity index (χ1v) is 8.88. The van der Waals surface area contributed by atoms with E-state index in [0.717, 1.165) is 69.9 Å². The lowest BCUT2D eigenvalue weighted by Crippen LogP contribution is -2.46. The molecule has 0 atom stereocenters. The van der Waals surface area contributed by atoms with E-state index in [9.17, 15) is 4.79 Å². The van der Waals surface area contributed by atoms with Gasteiger partial charge in [0.15, 0.2) is 0 Å². The molecule has 1 aliphatic carbocycles. The molecule has 0 aromatic carbocycles. The van der Waals surface area contributed by atoms with Gasteiger partial charge in [-0.2, -0.15) is 4.98 Å². The monoisotopic (exact) mass is 315 g/mol. The summed E-state index contributed by atoms with van der Waals surface area (Å²) in [6.45, 7) is 2.83. The molecule has 124 valence electrons. The molecule has 2 saturated heterocycles. The third-order valence-corrected chi connectivity index (χ3v) is 5.46. The summed E-state index contributed by atoms with van der Waals surface area (Å²) in [5.74, 6) is 2.20. The van der Waals surface area contributed by atoms with Gasteiger partial charge in [0.05, 0.1) is 5.69 Å². The Morgan fingerprint density at radius 2 is 1.87 bits per heavy atom. The lowest BCUT2D eigenvalue weighted by atomic mass is 10.0. The molecule has 1 N–H and O–H groups in total. The predicted molar refractivity (Wildman–Crippen MR) is 89.8 cm³/mol. The summed E-state index contributed by atoms with van der Waals surface area (Å²) in [6, 6.07) is 0.416. The molecule has 0 unspecified atom stereocenters. The molecule has 4 rings (SSSR count). The number of fused-ring (bicyclic) bond motifs is 1. The molecule has 0 saturated carbocycles. The highest BCUT2D eigenvalue weighted by molar-refractivity contribution is 5.78. The van der Waals surface area contributed by atoms with E-state index in [1.54, 1.807) is 0 Å². The normalized spacial score (nSPS) is 21.9. The number of hydrogen-bond acceptors (Lipinski definition) is 5. The van der Waals surface area contributed by atoms with Crippen molar-refractivity contribution in [2.75, 3.05) is 36.9 Å². The zero-order chi connectivity index (χ0) is 15.8. The Bertz CT molecular complexity index is 609. The van der Waals surface area contributed by atoms with E-state index in [1.165, 1.54) is 17.7 Å². The van der Waals surface area contributed by atoms with Crippen LogP contribution in [0, 0.1) is 0 Å². The number of aromatic nitrogens is 2. The van der Waals surface area contributed by atoms with E-state index in [-0.39, 0.29) is 0 Å². The van der Waals surface area contributed by atoms with Gasteiger partial charge in [-0.15, -0.1) is 0 Å². The molecule has 0 radical (unpaired) electrons. The summed E-state index contributed by atoms with van der Waals surface area (Å²) in [6.07, 6.45) is 7.16. The predicted octanol–water partition coefficient (Wildman–Crippen LogP) is 1.60. The summed E-state index contributed by atoms with van der Waals surface area (Å²) in [7, 11) is 1.94. The number of anilines is 2. The number of carbonyl (C=O) groups is 1. The first kappa shape index (κ1) is 14.7. The third-order valence-electron chi connectivity index (χ3n) is 5.46. The highest BCUT2D eigenvalue weighted by atomic mass is 16.2. The SMILES string of the molecule is CNc1nc(N2CCC(N3CCCC3=O)CC2)nc2c1CCC2. The van der Waals surface area contributed by atoms with Crippen molar-refractivity contribution in [2.24, 2.45) is 0 Å². The van der Waals surface area contributed by atoms with Crippen LogP contribution in [-0.2, 0) is 17.6 Å². The fraction of sp³-hybridized carbons (Fsp3) is 0.706. The Hall–Kier alpha value is -1.85. The maximum Gasteiger partial charge on any atom is 0.227 e. The number of rotatable bonds is 3. The molecule has 2 fully saturated rings. The number of likely N-dealkylation sites (tertiary alicyclic amines) is 1. The Morgan fingerprint density at radius 1 is 1.04 bits per heavy atom. The van der Waals surface area contributed by atoms with Gasteiger partial charge < -0.3 is 15.1 Å². The zero-order valence-electron chi connectivity index (χ0n) is 13.8. The second kappa shape index (κ2) is 5.98. The first-order chi connectivity index (χ1) is 11.3. The van der Waals surface area contributed by atoms with Gasteiger partial charge in [-0.05, 0) is 38.5 Å². The number of amides is 1. The van der Waals surface area contributed by atoms with E-state index >= 15 is 0 Å². The summed E-state index contributed by atoms with van der Waals surface area (Å²) < 4.78 is 0. The molecule has 0 bridgehead atoms. The van der Waals surface area contributed by atoms with Crippen LogP contribution in [0.5, 0.6) is 0 Å². The van der Waals surface area contributed by atoms with Crippen LogP contribution in [0.25, 0.3) is 0 Å². The number of aryl methyl sites for hydroxylation is 1. The van der Waals surface area contributed by atoms with Gasteiger partial charge in [-0.3, -0.25) is 4.79 Å². The van der Waals surface area contributed by atoms with Crippen LogP contribution in [-0.4, -0.2) is 53.5 Å². The van der Waals surface area contributed by atoms with E-state index in [4.69, 9.17) is 9.97 Å². The topological polar surface area (TPSA) is 61.4 Å². The minimum Gasteiger partial charge on any atom is -0.373 e. The van der Waals surface area contributed by atoms with Crippen LogP contribution in [0.15, 0.2) is 0 Å². The van der Waals surface area contributed by atoms with Crippen molar-refractivity contribution >= 4 is 17.7 Å². The molecule has 1 amide bonds. The number of hydrogen-bond donors (Lipinski definition) is 1. The summed E-state index contributed by atoms with van der Waals surface area (Å²) in [5, 5.41) is 3.24. The van der Waals surface area contributed by atoms with Crippen molar-refractivity contribution in [3.63, 3.8) is 0 Å². The fourth-order valence-corrected chi connectivity index (χ4v) is 4.20. The quantitative estimate of drug-likeness (QED) is 0.918. The Morgan fingerprint density at radius 3 is 2.57 bits per heavy atom. The molecular weight excluding hydrogens is 290 g/mol. The smallest absolute Gasteiger partial charge is 0.227 e. The third kappa shape index (κ3) is 2.64. The van der Waals surface area contributed by atoms with Crippen molar-refractivity contribution in [1.29, 1.82) is 0 Å². The number of nitrogens with one attached hydrogen (secondary N) is 1. The lowest BCUT2D eigenvalue weighted by molar-refractivity contribution is -0.130. The second-order valence-electron chi connectivity index (χ2n) is 6.81. The van der Waals surface area contributed by atoms with E-state index in [1.807, 2.05) is 7.05 Å². The van der Waals surface area contributed by atoms with Crippen LogP contribution in [0.4, 0.5) is 11.8 Å². The van der Waals surface area contributed by atoms with E-state index in [2.05, 4.69) is 15.1 Å². The maximum atomic E-state index is 11.9. The number of carbonyl (C=O) groups excluding carboxylic acids is 1. The van der Waals surface area contributed by atoms with Crippen LogP contribution in [0.3, 0.4) is 0 Å². The minimum atomic E-state index is 0.342. The molecule has 6 nitrogen and oxygen atoms in total. The molecule has 1 aromatic heterocycles. The molecule has 3 heterocycles. The Kier molecular flexibility index (Phi) is 3.83. The van der Waals surface area contributed by atoms with Crippen molar-refractivity contribution in [3.8, 4) is 0 Å². The van der Waals surface area contributed by atoms with E-state index < -0.39 is 0 Å². The van der Waals surface area contributed by atoms with Gasteiger partial charge in [-0.25, -0.2) is 4.98 Å². The highest BCUT2D eigenvalue weighted by Crippen LogP contribution is 2.30. The largest absolute Gasteiger partial charge is 0.373 e. The molecule has 2 aliphatic heterocycles. The Labute approximate surface area is 137 Å². The number of nitrogens with zero attached hydrogens (tertiary/aromatic N) is 4. The van der Waals surface area contributed by atoms with Crippen LogP contribution >= 0.6 is 0 Å². The van der Waals surface area contributed by atoms with Crippen molar-refractivity contribution in [1.82, 2.24) is 14.9 Å². The molecule has 23 heavy (non-hydrogen) atoms. The van der Waals surface area contributed by atoms with Gasteiger partial charge in [0, 0.05) is 44.7 Å². The Balaban J connectivity index is 1.47. The van der Waals surface area contributed by atoms with Crippen molar-refractivity contribution < 1.29 is 4.79 Å². The van der Waals surface area contributed by atoms with Gasteiger partial charge in [-0.1, -0.05) is 0 Å². The molecule has 6 heteroatoms. The summed E-state index contributed by atoms with van der Waals surface area (Å²) in [4.78, 5) is 25.9. The zero-order valence-corrected chi connectivity index (χ0v) is 13.8. The summed E-state index contributed by atoms with van der Waals surface area (Å²) >= 11 is 0. The van der Waals surface area contributed by atoms with Crippen LogP contribution in [0.2, 0.25) is 0 Å². The van der Waals surface area contributed by atoms with Crippen LogP contribution < -0.4 is 10.2 Å². The molecular formula is C17H25N5O. The molecule has 0 spiro atoms. The second-order valence-corrected chi connectivity index (χ2v) is 6.81. The van der Waals surface area contributed by atoms with Crippen molar-refractivity contribution in [3.05, 3.63) is 11.3 Å². The highest BCUT2D eigenvalue weighted by Gasteiger charge is 2.31. The van der Waals surface area contributed by atoms with Gasteiger partial charge in [0.2, 0.25) is 11.9 Å². The van der Waals surface area contributed by atoms with Crippen molar-refractivity contribution in [2.45, 2.75) is 51.0 Å². The van der Waals surface area contributed by atoms with Gasteiger partial charge in [0.25, 0.3) is 0 Å². The molecule has 1 aromatic rings. The molecule has 3 aliphatic rings. The first-order valence-electron chi connectivity index (χ1n) is 8.88. The van der Waals surface area contributed by atoms with Crippen LogP contribution in [0.1, 0.15) is 43.4 Å². The standard InChI is InChI=1S/C17H25N5O/c1-18-16-13-4-2-5-14(13)19-17(20-16)21-10-7-12(8-11-21)22-9-3-6-15(22)23/h12H,2-11H2,1H3,(H,18,19,20). The number of piperidine rings is 1. The fourth-order valence-electron chi connectivity index (χ4n) is 4.20. The summed E-state index contributed by atoms with van der Waals surface area (Å²) in [5.41, 5.74) is 2.52. The lowest BCUT2D eigenvalue weighted by Gasteiger charge is -2.36. The average molecular weight is 315 g/mol. The average Bonchev–Trinajstić information content (AvgIpc) is 3.22. The minimum absolute atomic E-state index is 0.342.